The molecule has 238 valence electrons. The maximum atomic E-state index is 6.63. The molecule has 11 aromatic rings. The van der Waals surface area contributed by atoms with Crippen LogP contribution in [0, 0.1) is 0 Å². The quantitative estimate of drug-likeness (QED) is 0.189. The van der Waals surface area contributed by atoms with Crippen LogP contribution in [0.25, 0.3) is 106 Å². The molecule has 0 fully saturated rings. The molecule has 7 aromatic carbocycles. The second-order valence-electron chi connectivity index (χ2n) is 12.8. The van der Waals surface area contributed by atoms with Gasteiger partial charge in [0, 0.05) is 43.6 Å². The molecule has 0 spiro atoms. The molecular formula is C45H26N4O2. The Bertz CT molecular complexity index is 3080. The van der Waals surface area contributed by atoms with E-state index in [-0.39, 0.29) is 0 Å². The van der Waals surface area contributed by atoms with Crippen molar-refractivity contribution in [3.63, 3.8) is 0 Å². The number of fused-ring (bicyclic) bond motifs is 10. The fourth-order valence-electron chi connectivity index (χ4n) is 7.55. The van der Waals surface area contributed by atoms with Gasteiger partial charge in [-0.15, -0.1) is 0 Å². The maximum absolute atomic E-state index is 6.63. The molecule has 4 heterocycles. The van der Waals surface area contributed by atoms with Crippen LogP contribution in [0.2, 0.25) is 0 Å². The minimum atomic E-state index is 0.583. The van der Waals surface area contributed by atoms with Gasteiger partial charge < -0.3 is 13.4 Å². The SMILES string of the molecule is c1ccc(-c2nc(-c3ccccc3)nc(-c3ccc4c(c3)oc3cccc(-n5c6ccccc6c6ccc7c8ccccc8oc7c65)c34)n2)cc1. The fourth-order valence-corrected chi connectivity index (χ4v) is 7.55. The predicted octanol–water partition coefficient (Wildman–Crippen LogP) is 11.8. The van der Waals surface area contributed by atoms with Gasteiger partial charge in [-0.25, -0.2) is 15.0 Å². The molecule has 4 aromatic heterocycles. The van der Waals surface area contributed by atoms with E-state index < -0.39 is 0 Å². The summed E-state index contributed by atoms with van der Waals surface area (Å²) in [5.74, 6) is 1.82. The highest BCUT2D eigenvalue weighted by atomic mass is 16.3. The van der Waals surface area contributed by atoms with Crippen molar-refractivity contribution in [2.75, 3.05) is 0 Å². The molecular weight excluding hydrogens is 629 g/mol. The number of benzene rings is 7. The van der Waals surface area contributed by atoms with Crippen LogP contribution < -0.4 is 0 Å². The highest BCUT2D eigenvalue weighted by Gasteiger charge is 2.22. The second kappa shape index (κ2) is 10.7. The third-order valence-corrected chi connectivity index (χ3v) is 9.85. The Hall–Kier alpha value is -7.05. The van der Waals surface area contributed by atoms with E-state index in [0.29, 0.717) is 17.5 Å². The first-order valence-electron chi connectivity index (χ1n) is 16.9. The molecule has 0 aliphatic heterocycles. The molecule has 0 aliphatic carbocycles. The number of hydrogen-bond acceptors (Lipinski definition) is 5. The lowest BCUT2D eigenvalue weighted by Crippen LogP contribution is -2.00. The van der Waals surface area contributed by atoms with E-state index in [1.54, 1.807) is 0 Å². The third kappa shape index (κ3) is 4.20. The lowest BCUT2D eigenvalue weighted by molar-refractivity contribution is 0.668. The van der Waals surface area contributed by atoms with Gasteiger partial charge in [0.1, 0.15) is 16.7 Å². The molecule has 0 unspecified atom stereocenters. The van der Waals surface area contributed by atoms with Crippen molar-refractivity contribution >= 4 is 65.7 Å². The number of para-hydroxylation sites is 2. The number of nitrogens with zero attached hydrogens (tertiary/aromatic N) is 4. The Balaban J connectivity index is 1.15. The first-order valence-corrected chi connectivity index (χ1v) is 16.9. The molecule has 6 heteroatoms. The van der Waals surface area contributed by atoms with Gasteiger partial charge in [-0.3, -0.25) is 0 Å². The average Bonchev–Trinajstić information content (AvgIpc) is 3.88. The minimum absolute atomic E-state index is 0.583. The van der Waals surface area contributed by atoms with E-state index in [4.69, 9.17) is 23.8 Å². The lowest BCUT2D eigenvalue weighted by atomic mass is 10.1. The Kier molecular flexibility index (Phi) is 5.86. The zero-order chi connectivity index (χ0) is 33.5. The molecule has 0 aliphatic rings. The average molecular weight is 655 g/mol. The van der Waals surface area contributed by atoms with Crippen LogP contribution in [0.3, 0.4) is 0 Å². The molecule has 0 bridgehead atoms. The molecule has 0 radical (unpaired) electrons. The zero-order valence-electron chi connectivity index (χ0n) is 27.1. The van der Waals surface area contributed by atoms with E-state index in [2.05, 4.69) is 77.4 Å². The van der Waals surface area contributed by atoms with Crippen molar-refractivity contribution in [1.29, 1.82) is 0 Å². The van der Waals surface area contributed by atoms with Crippen LogP contribution >= 0.6 is 0 Å². The van der Waals surface area contributed by atoms with E-state index in [0.717, 1.165) is 82.7 Å². The summed E-state index contributed by atoms with van der Waals surface area (Å²) in [6, 6.07) is 53.8. The van der Waals surface area contributed by atoms with Gasteiger partial charge in [-0.2, -0.15) is 0 Å². The van der Waals surface area contributed by atoms with Crippen LogP contribution in [0.15, 0.2) is 167 Å². The van der Waals surface area contributed by atoms with E-state index in [9.17, 15) is 0 Å². The van der Waals surface area contributed by atoms with E-state index >= 15 is 0 Å². The van der Waals surface area contributed by atoms with Crippen molar-refractivity contribution in [3.05, 3.63) is 158 Å². The number of aromatic nitrogens is 4. The monoisotopic (exact) mass is 654 g/mol. The van der Waals surface area contributed by atoms with Crippen molar-refractivity contribution in [2.45, 2.75) is 0 Å². The summed E-state index contributed by atoms with van der Waals surface area (Å²) in [5.41, 5.74) is 9.17. The summed E-state index contributed by atoms with van der Waals surface area (Å²) < 4.78 is 15.6. The molecule has 0 saturated heterocycles. The van der Waals surface area contributed by atoms with Crippen LogP contribution in [0.5, 0.6) is 0 Å². The highest BCUT2D eigenvalue weighted by Crippen LogP contribution is 2.43. The second-order valence-corrected chi connectivity index (χ2v) is 12.8. The maximum Gasteiger partial charge on any atom is 0.164 e. The zero-order valence-corrected chi connectivity index (χ0v) is 27.1. The predicted molar refractivity (Wildman–Crippen MR) is 205 cm³/mol. The summed E-state index contributed by atoms with van der Waals surface area (Å²) in [4.78, 5) is 14.8. The molecule has 0 saturated carbocycles. The standard InChI is InChI=1S/C45H26N4O2/c1-3-12-27(13-4-1)43-46-44(28-14-5-2-6-15-28)48-45(47-43)29-22-23-34-39(26-29)50-38-21-11-19-36(40(34)38)49-35-18-9-7-16-30(35)32-24-25-33-31-17-8-10-20-37(31)51-42(33)41(32)49/h1-26H. The van der Waals surface area contributed by atoms with E-state index in [1.165, 1.54) is 5.39 Å². The van der Waals surface area contributed by atoms with Gasteiger partial charge in [0.2, 0.25) is 0 Å². The smallest absolute Gasteiger partial charge is 0.164 e. The summed E-state index contributed by atoms with van der Waals surface area (Å²) in [7, 11) is 0. The van der Waals surface area contributed by atoms with Crippen molar-refractivity contribution in [1.82, 2.24) is 19.5 Å². The molecule has 0 N–H and O–H groups in total. The Morgan fingerprint density at radius 2 is 1.00 bits per heavy atom. The largest absolute Gasteiger partial charge is 0.456 e. The summed E-state index contributed by atoms with van der Waals surface area (Å²) in [5, 5.41) is 6.55. The number of rotatable bonds is 4. The lowest BCUT2D eigenvalue weighted by Gasteiger charge is -2.10. The van der Waals surface area contributed by atoms with Crippen LogP contribution in [-0.4, -0.2) is 19.5 Å². The first kappa shape index (κ1) is 27.9. The minimum Gasteiger partial charge on any atom is -0.456 e. The van der Waals surface area contributed by atoms with Gasteiger partial charge in [0.25, 0.3) is 0 Å². The fraction of sp³-hybridized carbons (Fsp3) is 0. The molecule has 0 amide bonds. The topological polar surface area (TPSA) is 69.9 Å². The number of hydrogen-bond donors (Lipinski definition) is 0. The Labute approximate surface area is 290 Å². The Morgan fingerprint density at radius 1 is 0.392 bits per heavy atom. The Morgan fingerprint density at radius 3 is 1.76 bits per heavy atom. The molecule has 51 heavy (non-hydrogen) atoms. The van der Waals surface area contributed by atoms with Gasteiger partial charge in [-0.1, -0.05) is 115 Å². The van der Waals surface area contributed by atoms with Crippen LogP contribution in [-0.2, 0) is 0 Å². The van der Waals surface area contributed by atoms with Gasteiger partial charge in [0.05, 0.1) is 22.1 Å². The molecule has 11 rings (SSSR count). The summed E-state index contributed by atoms with van der Waals surface area (Å²) >= 11 is 0. The summed E-state index contributed by atoms with van der Waals surface area (Å²) in [6.07, 6.45) is 0. The van der Waals surface area contributed by atoms with Crippen molar-refractivity contribution in [2.24, 2.45) is 0 Å². The van der Waals surface area contributed by atoms with Crippen LogP contribution in [0.1, 0.15) is 0 Å². The van der Waals surface area contributed by atoms with Gasteiger partial charge in [0.15, 0.2) is 23.1 Å². The normalized spacial score (nSPS) is 11.9. The number of furan rings is 2. The summed E-state index contributed by atoms with van der Waals surface area (Å²) in [6.45, 7) is 0. The van der Waals surface area contributed by atoms with Gasteiger partial charge >= 0.3 is 0 Å². The highest BCUT2D eigenvalue weighted by molar-refractivity contribution is 6.22. The van der Waals surface area contributed by atoms with Crippen molar-refractivity contribution in [3.8, 4) is 39.9 Å². The van der Waals surface area contributed by atoms with Gasteiger partial charge in [-0.05, 0) is 42.5 Å². The van der Waals surface area contributed by atoms with E-state index in [1.807, 2.05) is 84.9 Å². The van der Waals surface area contributed by atoms with Crippen molar-refractivity contribution < 1.29 is 8.83 Å². The molecule has 6 nitrogen and oxygen atoms in total. The third-order valence-electron chi connectivity index (χ3n) is 9.85. The first-order chi connectivity index (χ1) is 25.3. The molecule has 0 atom stereocenters. The van der Waals surface area contributed by atoms with Crippen LogP contribution in [0.4, 0.5) is 0 Å².